The fourth-order valence-corrected chi connectivity index (χ4v) is 2.53. The van der Waals surface area contributed by atoms with Crippen molar-refractivity contribution < 1.29 is 9.84 Å². The molecule has 0 aromatic heterocycles. The van der Waals surface area contributed by atoms with Crippen molar-refractivity contribution in [3.05, 3.63) is 23.8 Å². The van der Waals surface area contributed by atoms with Gasteiger partial charge >= 0.3 is 0 Å². The maximum atomic E-state index is 9.59. The van der Waals surface area contributed by atoms with Crippen LogP contribution >= 0.6 is 0 Å². The van der Waals surface area contributed by atoms with Crippen LogP contribution in [-0.2, 0) is 6.54 Å². The summed E-state index contributed by atoms with van der Waals surface area (Å²) in [6.07, 6.45) is 2.33. The van der Waals surface area contributed by atoms with Crippen LogP contribution in [0.1, 0.15) is 25.3 Å². The molecule has 2 rings (SSSR count). The minimum absolute atomic E-state index is 0.202. The Balaban J connectivity index is 1.96. The zero-order chi connectivity index (χ0) is 13.9. The molecule has 1 saturated heterocycles. The van der Waals surface area contributed by atoms with Gasteiger partial charge in [-0.3, -0.25) is 4.90 Å². The number of methoxy groups -OCH3 is 1. The van der Waals surface area contributed by atoms with Crippen molar-refractivity contribution in [3.8, 4) is 11.5 Å². The number of phenols is 1. The van der Waals surface area contributed by atoms with E-state index in [-0.39, 0.29) is 11.3 Å². The Morgan fingerprint density at radius 3 is 2.63 bits per heavy atom. The zero-order valence-corrected chi connectivity index (χ0v) is 12.1. The van der Waals surface area contributed by atoms with Crippen LogP contribution in [0.25, 0.3) is 0 Å². The number of benzene rings is 1. The van der Waals surface area contributed by atoms with E-state index in [1.807, 2.05) is 19.2 Å². The smallest absolute Gasteiger partial charge is 0.160 e. The zero-order valence-electron chi connectivity index (χ0n) is 12.1. The lowest BCUT2D eigenvalue weighted by atomic mass is 9.90. The van der Waals surface area contributed by atoms with Crippen LogP contribution in [0.3, 0.4) is 0 Å². The van der Waals surface area contributed by atoms with Gasteiger partial charge in [-0.1, -0.05) is 6.07 Å². The van der Waals surface area contributed by atoms with Gasteiger partial charge in [-0.15, -0.1) is 0 Å². The van der Waals surface area contributed by atoms with Gasteiger partial charge in [-0.25, -0.2) is 0 Å². The molecule has 4 nitrogen and oxygen atoms in total. The molecule has 0 unspecified atom stereocenters. The van der Waals surface area contributed by atoms with Crippen LogP contribution in [0.4, 0.5) is 0 Å². The van der Waals surface area contributed by atoms with Gasteiger partial charge in [0, 0.05) is 25.2 Å². The van der Waals surface area contributed by atoms with E-state index in [0.717, 1.165) is 19.6 Å². The standard InChI is InChI=1S/C15H24N2O2/c1-15(16-2)6-8-17(9-7-15)11-12-4-5-13(18)14(10-12)19-3/h4-5,10,16,18H,6-9,11H2,1-3H3. The van der Waals surface area contributed by atoms with Crippen molar-refractivity contribution >= 4 is 0 Å². The molecule has 1 aliphatic heterocycles. The van der Waals surface area contributed by atoms with Gasteiger partial charge in [-0.2, -0.15) is 0 Å². The fraction of sp³-hybridized carbons (Fsp3) is 0.600. The maximum absolute atomic E-state index is 9.59. The van der Waals surface area contributed by atoms with E-state index in [0.29, 0.717) is 5.75 Å². The molecular weight excluding hydrogens is 240 g/mol. The quantitative estimate of drug-likeness (QED) is 0.873. The lowest BCUT2D eigenvalue weighted by Gasteiger charge is -2.39. The summed E-state index contributed by atoms with van der Waals surface area (Å²) in [5, 5.41) is 13.0. The van der Waals surface area contributed by atoms with E-state index in [2.05, 4.69) is 17.1 Å². The largest absolute Gasteiger partial charge is 0.504 e. The minimum Gasteiger partial charge on any atom is -0.504 e. The van der Waals surface area contributed by atoms with Gasteiger partial charge in [0.15, 0.2) is 11.5 Å². The Morgan fingerprint density at radius 2 is 2.05 bits per heavy atom. The first kappa shape index (κ1) is 14.2. The molecule has 0 amide bonds. The number of ether oxygens (including phenoxy) is 1. The van der Waals surface area contributed by atoms with Crippen LogP contribution in [0.5, 0.6) is 11.5 Å². The third-order valence-corrected chi connectivity index (χ3v) is 4.21. The average Bonchev–Trinajstić information content (AvgIpc) is 2.43. The molecule has 1 fully saturated rings. The summed E-state index contributed by atoms with van der Waals surface area (Å²) in [6, 6.07) is 5.58. The van der Waals surface area contributed by atoms with Gasteiger partial charge in [0.05, 0.1) is 7.11 Å². The SMILES string of the molecule is CNC1(C)CCN(Cc2ccc(O)c(OC)c2)CC1. The molecular formula is C15H24N2O2. The summed E-state index contributed by atoms with van der Waals surface area (Å²) < 4.78 is 5.15. The van der Waals surface area contributed by atoms with Crippen LogP contribution in [0, 0.1) is 0 Å². The minimum atomic E-state index is 0.202. The third kappa shape index (κ3) is 3.39. The monoisotopic (exact) mass is 264 g/mol. The van der Waals surface area contributed by atoms with E-state index >= 15 is 0 Å². The lowest BCUT2D eigenvalue weighted by Crippen LogP contribution is -2.49. The van der Waals surface area contributed by atoms with Crippen LogP contribution in [0.2, 0.25) is 0 Å². The molecule has 19 heavy (non-hydrogen) atoms. The Hall–Kier alpha value is -1.26. The highest BCUT2D eigenvalue weighted by Crippen LogP contribution is 2.28. The summed E-state index contributed by atoms with van der Waals surface area (Å²) in [6.45, 7) is 5.39. The van der Waals surface area contributed by atoms with Crippen LogP contribution in [0.15, 0.2) is 18.2 Å². The van der Waals surface area contributed by atoms with Gasteiger partial charge in [0.1, 0.15) is 0 Å². The summed E-state index contributed by atoms with van der Waals surface area (Å²) >= 11 is 0. The molecule has 0 bridgehead atoms. The molecule has 0 spiro atoms. The number of piperidine rings is 1. The number of hydrogen-bond acceptors (Lipinski definition) is 4. The van der Waals surface area contributed by atoms with Crippen molar-refractivity contribution in [3.63, 3.8) is 0 Å². The van der Waals surface area contributed by atoms with Crippen molar-refractivity contribution in [2.45, 2.75) is 31.8 Å². The lowest BCUT2D eigenvalue weighted by molar-refractivity contribution is 0.146. The average molecular weight is 264 g/mol. The molecule has 2 N–H and O–H groups in total. The van der Waals surface area contributed by atoms with Gasteiger partial charge in [-0.05, 0) is 44.5 Å². The molecule has 0 saturated carbocycles. The highest BCUT2D eigenvalue weighted by atomic mass is 16.5. The van der Waals surface area contributed by atoms with E-state index in [1.54, 1.807) is 13.2 Å². The normalized spacial score (nSPS) is 19.3. The molecule has 0 atom stereocenters. The highest BCUT2D eigenvalue weighted by molar-refractivity contribution is 5.41. The topological polar surface area (TPSA) is 44.7 Å². The van der Waals surface area contributed by atoms with E-state index in [9.17, 15) is 5.11 Å². The van der Waals surface area contributed by atoms with Gasteiger partial charge < -0.3 is 15.2 Å². The van der Waals surface area contributed by atoms with Crippen molar-refractivity contribution in [1.82, 2.24) is 10.2 Å². The van der Waals surface area contributed by atoms with E-state index < -0.39 is 0 Å². The maximum Gasteiger partial charge on any atom is 0.160 e. The molecule has 1 aromatic rings. The second kappa shape index (κ2) is 5.80. The Bertz CT molecular complexity index is 426. The summed E-state index contributed by atoms with van der Waals surface area (Å²) in [5.74, 6) is 0.752. The molecule has 0 aliphatic carbocycles. The van der Waals surface area contributed by atoms with Gasteiger partial charge in [0.2, 0.25) is 0 Å². The number of phenolic OH excluding ortho intramolecular Hbond substituents is 1. The van der Waals surface area contributed by atoms with Crippen molar-refractivity contribution in [2.24, 2.45) is 0 Å². The Morgan fingerprint density at radius 1 is 1.37 bits per heavy atom. The Kier molecular flexibility index (Phi) is 4.32. The first-order chi connectivity index (χ1) is 9.06. The third-order valence-electron chi connectivity index (χ3n) is 4.21. The fourth-order valence-electron chi connectivity index (χ4n) is 2.53. The molecule has 1 aliphatic rings. The molecule has 4 heteroatoms. The van der Waals surface area contributed by atoms with E-state index in [1.165, 1.54) is 18.4 Å². The predicted octanol–water partition coefficient (Wildman–Crippen LogP) is 1.97. The molecule has 0 radical (unpaired) electrons. The number of nitrogens with zero attached hydrogens (tertiary/aromatic N) is 1. The molecule has 1 aromatic carbocycles. The van der Waals surface area contributed by atoms with Crippen LogP contribution < -0.4 is 10.1 Å². The van der Waals surface area contributed by atoms with Gasteiger partial charge in [0.25, 0.3) is 0 Å². The second-order valence-corrected chi connectivity index (χ2v) is 5.59. The van der Waals surface area contributed by atoms with Crippen LogP contribution in [-0.4, -0.2) is 42.8 Å². The summed E-state index contributed by atoms with van der Waals surface area (Å²) in [7, 11) is 3.62. The molecule has 106 valence electrons. The molecule has 1 heterocycles. The predicted molar refractivity (Wildman–Crippen MR) is 76.6 cm³/mol. The summed E-state index contributed by atoms with van der Waals surface area (Å²) in [5.41, 5.74) is 1.46. The summed E-state index contributed by atoms with van der Waals surface area (Å²) in [4.78, 5) is 2.45. The van der Waals surface area contributed by atoms with E-state index in [4.69, 9.17) is 4.74 Å². The number of rotatable bonds is 4. The first-order valence-electron chi connectivity index (χ1n) is 6.83. The van der Waals surface area contributed by atoms with Crippen molar-refractivity contribution in [1.29, 1.82) is 0 Å². The number of hydrogen-bond donors (Lipinski definition) is 2. The number of likely N-dealkylation sites (tertiary alicyclic amines) is 1. The number of nitrogens with one attached hydrogen (secondary N) is 1. The first-order valence-corrected chi connectivity index (χ1v) is 6.83. The second-order valence-electron chi connectivity index (χ2n) is 5.59. The number of aromatic hydroxyl groups is 1. The van der Waals surface area contributed by atoms with Crippen molar-refractivity contribution in [2.75, 3.05) is 27.2 Å². The highest BCUT2D eigenvalue weighted by Gasteiger charge is 2.28. The Labute approximate surface area is 115 Å².